The molecule has 1 aliphatic heterocycles. The number of ether oxygens (including phenoxy) is 2. The zero-order valence-electron chi connectivity index (χ0n) is 18.1. The lowest BCUT2D eigenvalue weighted by molar-refractivity contribution is 0.0499. The minimum absolute atomic E-state index is 0.0254. The Bertz CT molecular complexity index is 993. The summed E-state index contributed by atoms with van der Waals surface area (Å²) in [6.45, 7) is 4.39. The maximum absolute atomic E-state index is 13.3. The van der Waals surface area contributed by atoms with Crippen molar-refractivity contribution in [2.45, 2.75) is 38.8 Å². The van der Waals surface area contributed by atoms with Crippen molar-refractivity contribution < 1.29 is 14.3 Å². The number of amides is 1. The van der Waals surface area contributed by atoms with Crippen molar-refractivity contribution in [1.82, 2.24) is 14.7 Å². The molecule has 0 bridgehead atoms. The molecule has 3 aromatic rings. The smallest absolute Gasteiger partial charge is 0.272 e. The molecule has 0 spiro atoms. The molecule has 31 heavy (non-hydrogen) atoms. The van der Waals surface area contributed by atoms with Gasteiger partial charge >= 0.3 is 0 Å². The molecule has 164 valence electrons. The number of carbonyl (C=O) groups is 1. The average molecular weight is 440 g/mol. The highest BCUT2D eigenvalue weighted by atomic mass is 32.1. The van der Waals surface area contributed by atoms with Crippen LogP contribution in [0.15, 0.2) is 47.8 Å². The second-order valence-electron chi connectivity index (χ2n) is 7.94. The molecule has 6 nitrogen and oxygen atoms in total. The van der Waals surface area contributed by atoms with Crippen molar-refractivity contribution in [2.24, 2.45) is 7.05 Å². The van der Waals surface area contributed by atoms with Crippen LogP contribution in [0, 0.1) is 6.92 Å². The molecule has 4 rings (SSSR count). The second-order valence-corrected chi connectivity index (χ2v) is 8.97. The molecule has 1 aliphatic rings. The molecule has 1 atom stereocenters. The van der Waals surface area contributed by atoms with E-state index in [1.807, 2.05) is 49.2 Å². The third-order valence-corrected chi connectivity index (χ3v) is 6.36. The number of benzene rings is 1. The molecule has 2 aromatic heterocycles. The molecule has 1 saturated heterocycles. The third kappa shape index (κ3) is 5.74. The van der Waals surface area contributed by atoms with Crippen LogP contribution >= 0.6 is 11.3 Å². The Morgan fingerprint density at radius 1 is 1.32 bits per heavy atom. The second kappa shape index (κ2) is 10.1. The summed E-state index contributed by atoms with van der Waals surface area (Å²) in [7, 11) is 1.81. The predicted molar refractivity (Wildman–Crippen MR) is 122 cm³/mol. The highest BCUT2D eigenvalue weighted by Crippen LogP contribution is 2.20. The van der Waals surface area contributed by atoms with Gasteiger partial charge in [0.05, 0.1) is 18.4 Å². The lowest BCUT2D eigenvalue weighted by Crippen LogP contribution is -2.37. The molecule has 0 radical (unpaired) electrons. The van der Waals surface area contributed by atoms with Crippen molar-refractivity contribution in [1.29, 1.82) is 0 Å². The molecule has 1 unspecified atom stereocenters. The lowest BCUT2D eigenvalue weighted by atomic mass is 10.1. The Morgan fingerprint density at radius 3 is 2.94 bits per heavy atom. The van der Waals surface area contributed by atoms with Gasteiger partial charge in [0, 0.05) is 38.0 Å². The van der Waals surface area contributed by atoms with Crippen molar-refractivity contribution in [2.75, 3.05) is 19.8 Å². The van der Waals surface area contributed by atoms with Crippen LogP contribution in [-0.2, 0) is 24.8 Å². The minimum atomic E-state index is -0.0254. The number of hydrogen-bond acceptors (Lipinski definition) is 5. The quantitative estimate of drug-likeness (QED) is 0.501. The molecule has 0 aliphatic carbocycles. The normalized spacial score (nSPS) is 15.9. The highest BCUT2D eigenvalue weighted by molar-refractivity contribution is 7.09. The Kier molecular flexibility index (Phi) is 7.04. The highest BCUT2D eigenvalue weighted by Gasteiger charge is 2.25. The summed E-state index contributed by atoms with van der Waals surface area (Å²) in [6, 6.07) is 14.0. The number of aromatic nitrogens is 2. The molecule has 0 N–H and O–H groups in total. The summed E-state index contributed by atoms with van der Waals surface area (Å²) in [4.78, 5) is 16.5. The Labute approximate surface area is 187 Å². The molecule has 0 saturated carbocycles. The first kappa shape index (κ1) is 21.6. The number of rotatable bonds is 9. The fourth-order valence-corrected chi connectivity index (χ4v) is 4.59. The van der Waals surface area contributed by atoms with Crippen LogP contribution in [0.5, 0.6) is 5.75 Å². The van der Waals surface area contributed by atoms with E-state index in [1.54, 1.807) is 16.0 Å². The van der Waals surface area contributed by atoms with E-state index in [-0.39, 0.29) is 12.0 Å². The molecular formula is C24H29N3O3S. The summed E-state index contributed by atoms with van der Waals surface area (Å²) in [5, 5.41) is 6.42. The van der Waals surface area contributed by atoms with Crippen molar-refractivity contribution in [3.8, 4) is 5.75 Å². The first-order valence-electron chi connectivity index (χ1n) is 10.7. The SMILES string of the molecule is Cc1cc(C(=O)N(Cc2cccc(OCCc3cccs3)c2)CC2CCCO2)n(C)n1. The van der Waals surface area contributed by atoms with E-state index in [9.17, 15) is 4.79 Å². The van der Waals surface area contributed by atoms with Crippen molar-refractivity contribution in [3.63, 3.8) is 0 Å². The van der Waals surface area contributed by atoms with Gasteiger partial charge in [-0.15, -0.1) is 11.3 Å². The molecule has 1 fully saturated rings. The zero-order valence-corrected chi connectivity index (χ0v) is 18.9. The third-order valence-electron chi connectivity index (χ3n) is 5.43. The number of aryl methyl sites for hydroxylation is 2. The predicted octanol–water partition coefficient (Wildman–Crippen LogP) is 4.23. The van der Waals surface area contributed by atoms with Gasteiger partial charge in [-0.3, -0.25) is 9.48 Å². The first-order chi connectivity index (χ1) is 15.1. The summed E-state index contributed by atoms with van der Waals surface area (Å²) in [5.74, 6) is 0.803. The largest absolute Gasteiger partial charge is 0.493 e. The lowest BCUT2D eigenvalue weighted by Gasteiger charge is -2.26. The van der Waals surface area contributed by atoms with Crippen LogP contribution in [0.1, 0.15) is 39.5 Å². The van der Waals surface area contributed by atoms with Gasteiger partial charge in [-0.25, -0.2) is 0 Å². The van der Waals surface area contributed by atoms with E-state index in [1.165, 1.54) is 4.88 Å². The molecule has 1 aromatic carbocycles. The van der Waals surface area contributed by atoms with Crippen LogP contribution < -0.4 is 4.74 Å². The fourth-order valence-electron chi connectivity index (χ4n) is 3.90. The summed E-state index contributed by atoms with van der Waals surface area (Å²) in [5.41, 5.74) is 2.47. The number of carbonyl (C=O) groups excluding carboxylic acids is 1. The van der Waals surface area contributed by atoms with Gasteiger partial charge in [-0.2, -0.15) is 5.10 Å². The molecule has 1 amide bonds. The average Bonchev–Trinajstić information content (AvgIpc) is 3.51. The van der Waals surface area contributed by atoms with Gasteiger partial charge in [0.1, 0.15) is 11.4 Å². The van der Waals surface area contributed by atoms with Crippen LogP contribution in [-0.4, -0.2) is 46.5 Å². The topological polar surface area (TPSA) is 56.6 Å². The van der Waals surface area contributed by atoms with E-state index in [2.05, 4.69) is 22.6 Å². The van der Waals surface area contributed by atoms with Crippen LogP contribution in [0.4, 0.5) is 0 Å². The van der Waals surface area contributed by atoms with E-state index in [0.717, 1.165) is 42.9 Å². The summed E-state index contributed by atoms with van der Waals surface area (Å²) >= 11 is 1.75. The van der Waals surface area contributed by atoms with Crippen molar-refractivity contribution in [3.05, 3.63) is 69.7 Å². The number of thiophene rings is 1. The molecular weight excluding hydrogens is 410 g/mol. The van der Waals surface area contributed by atoms with Gasteiger partial charge in [0.15, 0.2) is 0 Å². The summed E-state index contributed by atoms with van der Waals surface area (Å²) < 4.78 is 13.4. The Balaban J connectivity index is 1.45. The van der Waals surface area contributed by atoms with E-state index in [4.69, 9.17) is 9.47 Å². The minimum Gasteiger partial charge on any atom is -0.493 e. The molecule has 3 heterocycles. The Morgan fingerprint density at radius 2 is 2.23 bits per heavy atom. The number of nitrogens with zero attached hydrogens (tertiary/aromatic N) is 3. The van der Waals surface area contributed by atoms with Gasteiger partial charge in [0.2, 0.25) is 0 Å². The maximum atomic E-state index is 13.3. The summed E-state index contributed by atoms with van der Waals surface area (Å²) in [6.07, 6.45) is 3.01. The van der Waals surface area contributed by atoms with E-state index < -0.39 is 0 Å². The van der Waals surface area contributed by atoms with Gasteiger partial charge in [0.25, 0.3) is 5.91 Å². The van der Waals surface area contributed by atoms with Crippen molar-refractivity contribution >= 4 is 17.2 Å². The number of hydrogen-bond donors (Lipinski definition) is 0. The maximum Gasteiger partial charge on any atom is 0.272 e. The molecule has 7 heteroatoms. The van der Waals surface area contributed by atoms with Crippen LogP contribution in [0.2, 0.25) is 0 Å². The van der Waals surface area contributed by atoms with Gasteiger partial charge < -0.3 is 14.4 Å². The van der Waals surface area contributed by atoms with Crippen LogP contribution in [0.25, 0.3) is 0 Å². The van der Waals surface area contributed by atoms with E-state index >= 15 is 0 Å². The zero-order chi connectivity index (χ0) is 21.6. The fraction of sp³-hybridized carbons (Fsp3) is 0.417. The standard InChI is InChI=1S/C24H29N3O3S/c1-18-14-23(26(2)25-18)24(28)27(17-21-8-4-11-29-21)16-19-6-3-7-20(15-19)30-12-10-22-9-5-13-31-22/h3,5-7,9,13-15,21H,4,8,10-12,16-17H2,1-2H3. The van der Waals surface area contributed by atoms with E-state index in [0.29, 0.717) is 25.4 Å². The van der Waals surface area contributed by atoms with Gasteiger partial charge in [-0.1, -0.05) is 18.2 Å². The van der Waals surface area contributed by atoms with Gasteiger partial charge in [-0.05, 0) is 55.0 Å². The monoisotopic (exact) mass is 439 g/mol. The Hall–Kier alpha value is -2.64. The first-order valence-corrected chi connectivity index (χ1v) is 11.6. The van der Waals surface area contributed by atoms with Crippen LogP contribution in [0.3, 0.4) is 0 Å².